The zero-order chi connectivity index (χ0) is 16.6. The van der Waals surface area contributed by atoms with Crippen LogP contribution in [-0.2, 0) is 6.61 Å². The normalized spacial score (nSPS) is 10.9. The number of rotatable bonds is 7. The summed E-state index contributed by atoms with van der Waals surface area (Å²) in [5.41, 5.74) is 2.01. The van der Waals surface area contributed by atoms with Crippen molar-refractivity contribution in [1.82, 2.24) is 14.9 Å². The van der Waals surface area contributed by atoms with E-state index < -0.39 is 0 Å². The highest BCUT2D eigenvalue weighted by atomic mass is 16.5. The summed E-state index contributed by atoms with van der Waals surface area (Å²) in [5.74, 6) is 1.41. The number of benzene rings is 2. The van der Waals surface area contributed by atoms with E-state index in [9.17, 15) is 0 Å². The lowest BCUT2D eigenvalue weighted by molar-refractivity contribution is 0.269. The van der Waals surface area contributed by atoms with Crippen LogP contribution in [0.15, 0.2) is 66.3 Å². The fourth-order valence-electron chi connectivity index (χ4n) is 2.12. The number of hydrogen-bond acceptors (Lipinski definition) is 5. The van der Waals surface area contributed by atoms with E-state index in [0.717, 1.165) is 11.1 Å². The van der Waals surface area contributed by atoms with Crippen molar-refractivity contribution in [3.63, 3.8) is 0 Å². The van der Waals surface area contributed by atoms with Gasteiger partial charge in [0, 0.05) is 0 Å². The zero-order valence-corrected chi connectivity index (χ0v) is 13.4. The maximum absolute atomic E-state index is 5.89. The zero-order valence-electron chi connectivity index (χ0n) is 13.4. The minimum absolute atomic E-state index is 0.495. The van der Waals surface area contributed by atoms with Crippen LogP contribution in [0.25, 0.3) is 0 Å². The molecule has 0 spiro atoms. The first kappa shape index (κ1) is 15.7. The molecule has 3 aromatic rings. The van der Waals surface area contributed by atoms with Crippen molar-refractivity contribution in [2.45, 2.75) is 13.5 Å². The Morgan fingerprint density at radius 3 is 2.54 bits per heavy atom. The lowest BCUT2D eigenvalue weighted by Gasteiger charge is -2.12. The Morgan fingerprint density at radius 1 is 1.00 bits per heavy atom. The van der Waals surface area contributed by atoms with Gasteiger partial charge in [0.15, 0.2) is 11.5 Å². The maximum atomic E-state index is 5.89. The number of nitrogens with zero attached hydrogens (tertiary/aromatic N) is 4. The molecule has 3 rings (SSSR count). The van der Waals surface area contributed by atoms with Gasteiger partial charge in [0.2, 0.25) is 0 Å². The van der Waals surface area contributed by atoms with Crippen LogP contribution in [0.4, 0.5) is 0 Å². The fraction of sp³-hybridized carbons (Fsp3) is 0.167. The summed E-state index contributed by atoms with van der Waals surface area (Å²) in [5, 5.41) is 11.6. The van der Waals surface area contributed by atoms with E-state index in [0.29, 0.717) is 24.7 Å². The smallest absolute Gasteiger partial charge is 0.161 e. The van der Waals surface area contributed by atoms with Gasteiger partial charge in [-0.1, -0.05) is 30.3 Å². The Labute approximate surface area is 140 Å². The molecule has 24 heavy (non-hydrogen) atoms. The molecule has 1 heterocycles. The first-order chi connectivity index (χ1) is 11.8. The van der Waals surface area contributed by atoms with Crippen molar-refractivity contribution in [2.75, 3.05) is 6.61 Å². The van der Waals surface area contributed by atoms with Gasteiger partial charge in [-0.2, -0.15) is 5.10 Å². The van der Waals surface area contributed by atoms with Crippen molar-refractivity contribution >= 4 is 6.21 Å². The quantitative estimate of drug-likeness (QED) is 0.627. The number of hydrogen-bond donors (Lipinski definition) is 0. The molecule has 0 aliphatic heterocycles. The average molecular weight is 322 g/mol. The molecular formula is C18H18N4O2. The van der Waals surface area contributed by atoms with Crippen LogP contribution in [-0.4, -0.2) is 27.7 Å². The van der Waals surface area contributed by atoms with Gasteiger partial charge in [-0.3, -0.25) is 0 Å². The third-order valence-electron chi connectivity index (χ3n) is 3.25. The largest absolute Gasteiger partial charge is 0.490 e. The first-order valence-corrected chi connectivity index (χ1v) is 7.67. The monoisotopic (exact) mass is 322 g/mol. The third-order valence-corrected chi connectivity index (χ3v) is 3.25. The van der Waals surface area contributed by atoms with Gasteiger partial charge in [-0.25, -0.2) is 4.68 Å². The molecule has 1 aromatic heterocycles. The SMILES string of the molecule is CCOc1cc(/C=N/n2cnnc2)ccc1OCc1ccccc1. The standard InChI is InChI=1S/C18H18N4O2/c1-2-23-18-10-16(11-21-22-13-19-20-14-22)8-9-17(18)24-12-15-6-4-3-5-7-15/h3-11,13-14H,2,12H2,1H3/b21-11+. The van der Waals surface area contributed by atoms with E-state index in [-0.39, 0.29) is 0 Å². The number of ether oxygens (including phenoxy) is 2. The van der Waals surface area contributed by atoms with Gasteiger partial charge in [0.25, 0.3) is 0 Å². The second kappa shape index (κ2) is 7.92. The highest BCUT2D eigenvalue weighted by Gasteiger charge is 2.06. The van der Waals surface area contributed by atoms with Crippen molar-refractivity contribution in [2.24, 2.45) is 5.10 Å². The van der Waals surface area contributed by atoms with Crippen molar-refractivity contribution in [3.8, 4) is 11.5 Å². The molecule has 0 saturated heterocycles. The number of aromatic nitrogens is 3. The molecule has 0 saturated carbocycles. The summed E-state index contributed by atoms with van der Waals surface area (Å²) in [7, 11) is 0. The summed E-state index contributed by atoms with van der Waals surface area (Å²) in [6.07, 6.45) is 4.77. The van der Waals surface area contributed by atoms with Gasteiger partial charge in [0.1, 0.15) is 19.3 Å². The van der Waals surface area contributed by atoms with Gasteiger partial charge < -0.3 is 9.47 Å². The topological polar surface area (TPSA) is 61.5 Å². The molecule has 0 N–H and O–H groups in total. The van der Waals surface area contributed by atoms with Crippen LogP contribution in [0, 0.1) is 0 Å². The predicted molar refractivity (Wildman–Crippen MR) is 91.4 cm³/mol. The molecule has 0 bridgehead atoms. The van der Waals surface area contributed by atoms with E-state index in [2.05, 4.69) is 15.3 Å². The summed E-state index contributed by atoms with van der Waals surface area (Å²) >= 11 is 0. The molecule has 0 amide bonds. The molecule has 2 aromatic carbocycles. The average Bonchev–Trinajstić information content (AvgIpc) is 3.14. The van der Waals surface area contributed by atoms with Crippen molar-refractivity contribution in [3.05, 3.63) is 72.3 Å². The molecule has 0 unspecified atom stereocenters. The van der Waals surface area contributed by atoms with Crippen molar-refractivity contribution < 1.29 is 9.47 Å². The maximum Gasteiger partial charge on any atom is 0.161 e. The van der Waals surface area contributed by atoms with Crippen LogP contribution in [0.2, 0.25) is 0 Å². The summed E-state index contributed by atoms with van der Waals surface area (Å²) < 4.78 is 13.1. The summed E-state index contributed by atoms with van der Waals surface area (Å²) in [6, 6.07) is 15.7. The molecule has 0 fully saturated rings. The van der Waals surface area contributed by atoms with Gasteiger partial charge in [0.05, 0.1) is 12.8 Å². The molecule has 0 radical (unpaired) electrons. The van der Waals surface area contributed by atoms with E-state index >= 15 is 0 Å². The lowest BCUT2D eigenvalue weighted by atomic mass is 10.2. The van der Waals surface area contributed by atoms with E-state index in [1.54, 1.807) is 6.21 Å². The van der Waals surface area contributed by atoms with E-state index in [1.165, 1.54) is 17.3 Å². The molecule has 6 nitrogen and oxygen atoms in total. The Morgan fingerprint density at radius 2 is 1.79 bits per heavy atom. The predicted octanol–water partition coefficient (Wildman–Crippen LogP) is 3.14. The second-order valence-electron chi connectivity index (χ2n) is 5.00. The van der Waals surface area contributed by atoms with Crippen LogP contribution in [0.3, 0.4) is 0 Å². The summed E-state index contributed by atoms with van der Waals surface area (Å²) in [6.45, 7) is 3.00. The second-order valence-corrected chi connectivity index (χ2v) is 5.00. The van der Waals surface area contributed by atoms with Crippen LogP contribution in [0.5, 0.6) is 11.5 Å². The van der Waals surface area contributed by atoms with Gasteiger partial charge in [-0.05, 0) is 36.2 Å². The Hall–Kier alpha value is -3.15. The highest BCUT2D eigenvalue weighted by Crippen LogP contribution is 2.28. The highest BCUT2D eigenvalue weighted by molar-refractivity contribution is 5.80. The Bertz CT molecular complexity index is 786. The minimum Gasteiger partial charge on any atom is -0.490 e. The van der Waals surface area contributed by atoms with Crippen LogP contribution >= 0.6 is 0 Å². The molecule has 122 valence electrons. The van der Waals surface area contributed by atoms with Gasteiger partial charge >= 0.3 is 0 Å². The minimum atomic E-state index is 0.495. The third kappa shape index (κ3) is 4.19. The molecule has 6 heteroatoms. The van der Waals surface area contributed by atoms with Gasteiger partial charge in [-0.15, -0.1) is 10.2 Å². The molecule has 0 atom stereocenters. The molecule has 0 aliphatic rings. The van der Waals surface area contributed by atoms with E-state index in [1.807, 2.05) is 55.5 Å². The first-order valence-electron chi connectivity index (χ1n) is 7.67. The van der Waals surface area contributed by atoms with Crippen LogP contribution < -0.4 is 9.47 Å². The Kier molecular flexibility index (Phi) is 5.19. The summed E-state index contributed by atoms with van der Waals surface area (Å²) in [4.78, 5) is 0. The van der Waals surface area contributed by atoms with E-state index in [4.69, 9.17) is 9.47 Å². The lowest BCUT2D eigenvalue weighted by Crippen LogP contribution is -2.00. The van der Waals surface area contributed by atoms with Crippen molar-refractivity contribution in [1.29, 1.82) is 0 Å². The fourth-order valence-corrected chi connectivity index (χ4v) is 2.12. The molecule has 0 aliphatic carbocycles. The Balaban J connectivity index is 1.74. The van der Waals surface area contributed by atoms with Crippen LogP contribution in [0.1, 0.15) is 18.1 Å². The molecular weight excluding hydrogens is 304 g/mol.